The van der Waals surface area contributed by atoms with E-state index in [2.05, 4.69) is 9.71 Å². The van der Waals surface area contributed by atoms with Crippen LogP contribution in [-0.2, 0) is 10.0 Å². The first-order chi connectivity index (χ1) is 11.3. The van der Waals surface area contributed by atoms with E-state index in [1.165, 1.54) is 6.07 Å². The van der Waals surface area contributed by atoms with Crippen molar-refractivity contribution in [3.63, 3.8) is 0 Å². The molecule has 2 N–H and O–H groups in total. The lowest BCUT2D eigenvalue weighted by atomic mass is 10.0. The van der Waals surface area contributed by atoms with Gasteiger partial charge in [0.15, 0.2) is 0 Å². The molecule has 128 valence electrons. The minimum absolute atomic E-state index is 0.153. The molecule has 0 saturated carbocycles. The van der Waals surface area contributed by atoms with Gasteiger partial charge in [-0.15, -0.1) is 0 Å². The fourth-order valence-electron chi connectivity index (χ4n) is 3.06. The number of aromatic nitrogens is 1. The number of piperidine rings is 1. The molecule has 1 fully saturated rings. The van der Waals surface area contributed by atoms with Crippen LogP contribution in [0.1, 0.15) is 23.2 Å². The van der Waals surface area contributed by atoms with Gasteiger partial charge in [-0.3, -0.25) is 9.59 Å². The molecule has 0 unspecified atom stereocenters. The first-order valence-electron chi connectivity index (χ1n) is 7.72. The van der Waals surface area contributed by atoms with Gasteiger partial charge in [0.2, 0.25) is 15.6 Å². The van der Waals surface area contributed by atoms with Crippen LogP contribution in [0.15, 0.2) is 35.1 Å². The summed E-state index contributed by atoms with van der Waals surface area (Å²) in [6.07, 6.45) is 2.24. The second-order valence-electron chi connectivity index (χ2n) is 6.05. The number of hydrogen-bond acceptors (Lipinski definition) is 4. The zero-order chi connectivity index (χ0) is 17.3. The van der Waals surface area contributed by atoms with E-state index in [1.54, 1.807) is 23.1 Å². The molecular weight excluding hydrogens is 330 g/mol. The van der Waals surface area contributed by atoms with E-state index in [0.717, 1.165) is 6.26 Å². The molecule has 0 atom stereocenters. The summed E-state index contributed by atoms with van der Waals surface area (Å²) < 4.78 is 25.2. The molecule has 0 bridgehead atoms. The maximum atomic E-state index is 12.8. The number of amides is 1. The minimum atomic E-state index is -3.25. The molecule has 1 amide bonds. The van der Waals surface area contributed by atoms with Gasteiger partial charge in [0.1, 0.15) is 0 Å². The Bertz CT molecular complexity index is 928. The highest BCUT2D eigenvalue weighted by molar-refractivity contribution is 7.88. The monoisotopic (exact) mass is 349 g/mol. The van der Waals surface area contributed by atoms with Crippen LogP contribution in [0.4, 0.5) is 0 Å². The third-order valence-corrected chi connectivity index (χ3v) is 4.91. The van der Waals surface area contributed by atoms with Crippen LogP contribution in [0.5, 0.6) is 0 Å². The van der Waals surface area contributed by atoms with Gasteiger partial charge >= 0.3 is 0 Å². The van der Waals surface area contributed by atoms with Crippen molar-refractivity contribution in [2.45, 2.75) is 18.9 Å². The number of likely N-dealkylation sites (tertiary alicyclic amines) is 1. The fourth-order valence-corrected chi connectivity index (χ4v) is 3.90. The first kappa shape index (κ1) is 16.7. The molecule has 1 aliphatic heterocycles. The Morgan fingerprint density at radius 2 is 1.92 bits per heavy atom. The number of H-pyrrole nitrogens is 1. The van der Waals surface area contributed by atoms with Gasteiger partial charge in [-0.05, 0) is 18.9 Å². The molecule has 1 saturated heterocycles. The number of nitrogens with one attached hydrogen (secondary N) is 2. The van der Waals surface area contributed by atoms with E-state index in [4.69, 9.17) is 0 Å². The van der Waals surface area contributed by atoms with E-state index in [1.807, 2.05) is 6.07 Å². The molecule has 0 radical (unpaired) electrons. The van der Waals surface area contributed by atoms with Crippen LogP contribution in [0.3, 0.4) is 0 Å². The number of para-hydroxylation sites is 1. The van der Waals surface area contributed by atoms with Crippen molar-refractivity contribution in [1.82, 2.24) is 14.6 Å². The first-order valence-corrected chi connectivity index (χ1v) is 9.61. The number of carbonyl (C=O) groups is 1. The third-order valence-electron chi connectivity index (χ3n) is 4.14. The van der Waals surface area contributed by atoms with Crippen LogP contribution in [0.25, 0.3) is 10.9 Å². The third kappa shape index (κ3) is 3.65. The molecule has 2 heterocycles. The predicted octanol–water partition coefficient (Wildman–Crippen LogP) is 0.682. The van der Waals surface area contributed by atoms with E-state index < -0.39 is 10.0 Å². The van der Waals surface area contributed by atoms with Crippen molar-refractivity contribution < 1.29 is 13.2 Å². The van der Waals surface area contributed by atoms with E-state index >= 15 is 0 Å². The standard InChI is InChI=1S/C16H19N3O4S/c1-24(22,23)18-11-6-8-19(9-7-11)16(21)13-10-15(20)17-14-5-3-2-4-12(13)14/h2-5,10-11,18H,6-9H2,1H3,(H,17,20). The Morgan fingerprint density at radius 1 is 1.25 bits per heavy atom. The normalized spacial score (nSPS) is 16.5. The zero-order valence-electron chi connectivity index (χ0n) is 13.3. The molecule has 0 spiro atoms. The summed E-state index contributed by atoms with van der Waals surface area (Å²) in [6.45, 7) is 0.903. The second kappa shape index (κ2) is 6.37. The van der Waals surface area contributed by atoms with Gasteiger partial charge in [-0.25, -0.2) is 13.1 Å². The fraction of sp³-hybridized carbons (Fsp3) is 0.375. The number of carbonyl (C=O) groups excluding carboxylic acids is 1. The highest BCUT2D eigenvalue weighted by Crippen LogP contribution is 2.19. The summed E-state index contributed by atoms with van der Waals surface area (Å²) in [5.74, 6) is -0.199. The van der Waals surface area contributed by atoms with Gasteiger partial charge in [0.05, 0.1) is 11.8 Å². The number of benzene rings is 1. The molecule has 24 heavy (non-hydrogen) atoms. The smallest absolute Gasteiger partial charge is 0.254 e. The van der Waals surface area contributed by atoms with Crippen molar-refractivity contribution in [2.24, 2.45) is 0 Å². The van der Waals surface area contributed by atoms with Gasteiger partial charge < -0.3 is 9.88 Å². The number of nitrogens with zero attached hydrogens (tertiary/aromatic N) is 1. The Kier molecular flexibility index (Phi) is 4.42. The van der Waals surface area contributed by atoms with Crippen LogP contribution in [0, 0.1) is 0 Å². The maximum Gasteiger partial charge on any atom is 0.254 e. The number of rotatable bonds is 3. The number of fused-ring (bicyclic) bond motifs is 1. The zero-order valence-corrected chi connectivity index (χ0v) is 14.1. The largest absolute Gasteiger partial charge is 0.339 e. The maximum absolute atomic E-state index is 12.8. The molecular formula is C16H19N3O4S. The van der Waals surface area contributed by atoms with E-state index in [0.29, 0.717) is 42.4 Å². The van der Waals surface area contributed by atoms with Crippen molar-refractivity contribution in [1.29, 1.82) is 0 Å². The minimum Gasteiger partial charge on any atom is -0.339 e. The average molecular weight is 349 g/mol. The lowest BCUT2D eigenvalue weighted by Gasteiger charge is -2.32. The molecule has 7 nitrogen and oxygen atoms in total. The Hall–Kier alpha value is -2.19. The summed E-state index contributed by atoms with van der Waals surface area (Å²) in [5, 5.41) is 0.707. The highest BCUT2D eigenvalue weighted by atomic mass is 32.2. The molecule has 0 aliphatic carbocycles. The highest BCUT2D eigenvalue weighted by Gasteiger charge is 2.26. The molecule has 3 rings (SSSR count). The summed E-state index contributed by atoms with van der Waals surface area (Å²) in [5.41, 5.74) is 0.691. The molecule has 8 heteroatoms. The van der Waals surface area contributed by atoms with Crippen molar-refractivity contribution in [3.8, 4) is 0 Å². The van der Waals surface area contributed by atoms with Gasteiger partial charge in [-0.2, -0.15) is 0 Å². The van der Waals surface area contributed by atoms with Gasteiger partial charge in [0, 0.05) is 36.1 Å². The topological polar surface area (TPSA) is 99.3 Å². The average Bonchev–Trinajstić information content (AvgIpc) is 2.52. The van der Waals surface area contributed by atoms with Crippen molar-refractivity contribution in [2.75, 3.05) is 19.3 Å². The molecule has 1 aromatic carbocycles. The Morgan fingerprint density at radius 3 is 2.58 bits per heavy atom. The Balaban J connectivity index is 1.80. The molecule has 1 aromatic heterocycles. The predicted molar refractivity (Wildman–Crippen MR) is 91.5 cm³/mol. The number of sulfonamides is 1. The summed E-state index contributed by atoms with van der Waals surface area (Å²) in [6, 6.07) is 8.35. The van der Waals surface area contributed by atoms with Crippen LogP contribution in [-0.4, -0.2) is 49.6 Å². The molecule has 1 aliphatic rings. The lowest BCUT2D eigenvalue weighted by molar-refractivity contribution is 0.0713. The van der Waals surface area contributed by atoms with Gasteiger partial charge in [0.25, 0.3) is 5.91 Å². The number of aromatic amines is 1. The SMILES string of the molecule is CS(=O)(=O)NC1CCN(C(=O)c2cc(=O)[nH]c3ccccc23)CC1. The van der Waals surface area contributed by atoms with Crippen LogP contribution in [0.2, 0.25) is 0 Å². The summed E-state index contributed by atoms with van der Waals surface area (Å²) in [4.78, 5) is 29.0. The number of hydrogen-bond donors (Lipinski definition) is 2. The van der Waals surface area contributed by atoms with Crippen LogP contribution >= 0.6 is 0 Å². The Labute approximate surface area is 139 Å². The van der Waals surface area contributed by atoms with Crippen molar-refractivity contribution in [3.05, 3.63) is 46.2 Å². The van der Waals surface area contributed by atoms with Crippen molar-refractivity contribution >= 4 is 26.8 Å². The summed E-state index contributed by atoms with van der Waals surface area (Å²) in [7, 11) is -3.25. The molecule has 2 aromatic rings. The van der Waals surface area contributed by atoms with Gasteiger partial charge in [-0.1, -0.05) is 18.2 Å². The number of pyridine rings is 1. The second-order valence-corrected chi connectivity index (χ2v) is 7.83. The lowest BCUT2D eigenvalue weighted by Crippen LogP contribution is -2.46. The van der Waals surface area contributed by atoms with E-state index in [-0.39, 0.29) is 17.5 Å². The summed E-state index contributed by atoms with van der Waals surface area (Å²) >= 11 is 0. The van der Waals surface area contributed by atoms with Crippen LogP contribution < -0.4 is 10.3 Å². The quantitative estimate of drug-likeness (QED) is 0.851. The van der Waals surface area contributed by atoms with E-state index in [9.17, 15) is 18.0 Å².